The number of nitrogens with zero attached hydrogens (tertiary/aromatic N) is 2. The summed E-state index contributed by atoms with van der Waals surface area (Å²) in [5, 5.41) is 0. The van der Waals surface area contributed by atoms with Crippen molar-refractivity contribution in [1.82, 2.24) is 9.72 Å². The summed E-state index contributed by atoms with van der Waals surface area (Å²) in [5.41, 5.74) is 0.708. The maximum atomic E-state index is 11.1. The molecule has 0 aliphatic heterocycles. The van der Waals surface area contributed by atoms with Gasteiger partial charge in [-0.25, -0.2) is 0 Å². The summed E-state index contributed by atoms with van der Waals surface area (Å²) in [6, 6.07) is 5.03. The van der Waals surface area contributed by atoms with Crippen LogP contribution in [-0.2, 0) is 7.05 Å². The summed E-state index contributed by atoms with van der Waals surface area (Å²) in [7, 11) is 1.58. The number of rotatable bonds is 1. The van der Waals surface area contributed by atoms with Crippen LogP contribution in [0.15, 0.2) is 39.9 Å². The molecule has 0 radical (unpaired) electrons. The first-order valence-electron chi connectivity index (χ1n) is 3.85. The maximum Gasteiger partial charge on any atom is 0.282 e. The highest BCUT2D eigenvalue weighted by molar-refractivity contribution is 5.55. The van der Waals surface area contributed by atoms with Gasteiger partial charge >= 0.3 is 0 Å². The predicted molar refractivity (Wildman–Crippen MR) is 47.2 cm³/mol. The summed E-state index contributed by atoms with van der Waals surface area (Å²) in [6.07, 6.45) is 3.31. The SMILES string of the molecule is Cn1oc(-c2ccncc2)cc1=O. The molecule has 66 valence electrons. The van der Waals surface area contributed by atoms with E-state index >= 15 is 0 Å². The molecule has 0 spiro atoms. The van der Waals surface area contributed by atoms with E-state index in [-0.39, 0.29) is 5.56 Å². The Balaban J connectivity index is 2.54. The second-order valence-electron chi connectivity index (χ2n) is 2.67. The minimum absolute atomic E-state index is 0.146. The van der Waals surface area contributed by atoms with Gasteiger partial charge in [0.25, 0.3) is 5.56 Å². The highest BCUT2D eigenvalue weighted by Crippen LogP contribution is 2.15. The van der Waals surface area contributed by atoms with Crippen LogP contribution in [0.5, 0.6) is 0 Å². The van der Waals surface area contributed by atoms with Gasteiger partial charge < -0.3 is 4.52 Å². The molecule has 4 heteroatoms. The van der Waals surface area contributed by atoms with E-state index in [1.54, 1.807) is 31.6 Å². The van der Waals surface area contributed by atoms with Crippen LogP contribution >= 0.6 is 0 Å². The van der Waals surface area contributed by atoms with Crippen molar-refractivity contribution in [2.75, 3.05) is 0 Å². The fourth-order valence-corrected chi connectivity index (χ4v) is 1.07. The normalized spacial score (nSPS) is 10.2. The summed E-state index contributed by atoms with van der Waals surface area (Å²) in [4.78, 5) is 14.9. The third kappa shape index (κ3) is 1.38. The smallest absolute Gasteiger partial charge is 0.282 e. The molecular weight excluding hydrogens is 168 g/mol. The fourth-order valence-electron chi connectivity index (χ4n) is 1.07. The quantitative estimate of drug-likeness (QED) is 0.652. The largest absolute Gasteiger partial charge is 0.376 e. The third-order valence-electron chi connectivity index (χ3n) is 1.77. The Bertz CT molecular complexity index is 456. The number of aromatic nitrogens is 2. The van der Waals surface area contributed by atoms with E-state index in [0.717, 1.165) is 5.56 Å². The van der Waals surface area contributed by atoms with Gasteiger partial charge in [0.05, 0.1) is 6.07 Å². The Morgan fingerprint density at radius 2 is 2.08 bits per heavy atom. The Morgan fingerprint density at radius 1 is 1.38 bits per heavy atom. The zero-order chi connectivity index (χ0) is 9.26. The molecule has 2 aromatic rings. The topological polar surface area (TPSA) is 48.0 Å². The Morgan fingerprint density at radius 3 is 2.62 bits per heavy atom. The van der Waals surface area contributed by atoms with E-state index in [1.165, 1.54) is 10.8 Å². The fraction of sp³-hybridized carbons (Fsp3) is 0.111. The Labute approximate surface area is 74.4 Å². The van der Waals surface area contributed by atoms with Crippen molar-refractivity contribution in [3.8, 4) is 11.3 Å². The van der Waals surface area contributed by atoms with Gasteiger partial charge in [-0.1, -0.05) is 0 Å². The molecule has 0 saturated carbocycles. The average Bonchev–Trinajstić information content (AvgIpc) is 2.49. The average molecular weight is 176 g/mol. The number of hydrogen-bond acceptors (Lipinski definition) is 3. The van der Waals surface area contributed by atoms with Gasteiger partial charge in [0.1, 0.15) is 0 Å². The molecule has 0 aliphatic rings. The molecule has 0 amide bonds. The van der Waals surface area contributed by atoms with E-state index in [4.69, 9.17) is 4.52 Å². The van der Waals surface area contributed by atoms with Crippen molar-refractivity contribution >= 4 is 0 Å². The molecule has 0 atom stereocenters. The minimum Gasteiger partial charge on any atom is -0.376 e. The lowest BCUT2D eigenvalue weighted by Crippen LogP contribution is -2.06. The van der Waals surface area contributed by atoms with Gasteiger partial charge in [0, 0.05) is 25.0 Å². The first-order chi connectivity index (χ1) is 6.27. The molecule has 2 aromatic heterocycles. The second-order valence-corrected chi connectivity index (χ2v) is 2.67. The number of pyridine rings is 1. The lowest BCUT2D eigenvalue weighted by atomic mass is 10.2. The molecule has 0 aromatic carbocycles. The first kappa shape index (κ1) is 7.79. The van der Waals surface area contributed by atoms with E-state index in [0.29, 0.717) is 5.76 Å². The predicted octanol–water partition coefficient (Wildman–Crippen LogP) is 1.04. The molecule has 0 aliphatic carbocycles. The highest BCUT2D eigenvalue weighted by atomic mass is 16.5. The maximum absolute atomic E-state index is 11.1. The summed E-state index contributed by atoms with van der Waals surface area (Å²) < 4.78 is 6.37. The van der Waals surface area contributed by atoms with Crippen LogP contribution in [0.25, 0.3) is 11.3 Å². The van der Waals surface area contributed by atoms with Crippen LogP contribution in [0.3, 0.4) is 0 Å². The molecule has 0 unspecified atom stereocenters. The summed E-state index contributed by atoms with van der Waals surface area (Å²) in [6.45, 7) is 0. The van der Waals surface area contributed by atoms with Gasteiger partial charge in [0.2, 0.25) is 0 Å². The second kappa shape index (κ2) is 2.90. The van der Waals surface area contributed by atoms with E-state index in [9.17, 15) is 4.79 Å². The lowest BCUT2D eigenvalue weighted by molar-refractivity contribution is 0.307. The standard InChI is InChI=1S/C9H8N2O2/c1-11-9(12)6-8(13-11)7-2-4-10-5-3-7/h2-6H,1H3. The third-order valence-corrected chi connectivity index (χ3v) is 1.77. The van der Waals surface area contributed by atoms with E-state index < -0.39 is 0 Å². The zero-order valence-electron chi connectivity index (χ0n) is 7.10. The van der Waals surface area contributed by atoms with Crippen molar-refractivity contribution in [1.29, 1.82) is 0 Å². The number of aryl methyl sites for hydroxylation is 1. The van der Waals surface area contributed by atoms with Crippen LogP contribution in [0.1, 0.15) is 0 Å². The van der Waals surface area contributed by atoms with Crippen LogP contribution in [0.2, 0.25) is 0 Å². The summed E-state index contributed by atoms with van der Waals surface area (Å²) in [5.74, 6) is 0.565. The van der Waals surface area contributed by atoms with Crippen LogP contribution in [-0.4, -0.2) is 9.72 Å². The molecule has 0 N–H and O–H groups in total. The zero-order valence-corrected chi connectivity index (χ0v) is 7.10. The molecule has 4 nitrogen and oxygen atoms in total. The first-order valence-corrected chi connectivity index (χ1v) is 3.85. The van der Waals surface area contributed by atoms with E-state index in [1.807, 2.05) is 0 Å². The van der Waals surface area contributed by atoms with Crippen molar-refractivity contribution < 1.29 is 4.52 Å². The minimum atomic E-state index is -0.146. The Kier molecular flexibility index (Phi) is 1.73. The van der Waals surface area contributed by atoms with Crippen LogP contribution in [0.4, 0.5) is 0 Å². The molecule has 13 heavy (non-hydrogen) atoms. The molecule has 2 heterocycles. The molecule has 0 fully saturated rings. The van der Waals surface area contributed by atoms with Crippen molar-refractivity contribution in [3.63, 3.8) is 0 Å². The molecule has 0 bridgehead atoms. The number of hydrogen-bond donors (Lipinski definition) is 0. The van der Waals surface area contributed by atoms with Gasteiger partial charge in [-0.3, -0.25) is 9.78 Å². The van der Waals surface area contributed by atoms with Crippen LogP contribution < -0.4 is 5.56 Å². The van der Waals surface area contributed by atoms with Gasteiger partial charge in [-0.05, 0) is 12.1 Å². The van der Waals surface area contributed by atoms with E-state index in [2.05, 4.69) is 4.98 Å². The van der Waals surface area contributed by atoms with Gasteiger partial charge in [-0.15, -0.1) is 0 Å². The monoisotopic (exact) mass is 176 g/mol. The summed E-state index contributed by atoms with van der Waals surface area (Å²) >= 11 is 0. The molecular formula is C9H8N2O2. The van der Waals surface area contributed by atoms with Crippen molar-refractivity contribution in [2.45, 2.75) is 0 Å². The van der Waals surface area contributed by atoms with Crippen LogP contribution in [0, 0.1) is 0 Å². The van der Waals surface area contributed by atoms with Gasteiger partial charge in [-0.2, -0.15) is 4.74 Å². The van der Waals surface area contributed by atoms with Crippen molar-refractivity contribution in [2.24, 2.45) is 7.05 Å². The molecule has 2 rings (SSSR count). The van der Waals surface area contributed by atoms with Crippen molar-refractivity contribution in [3.05, 3.63) is 40.9 Å². The molecule has 0 saturated heterocycles. The lowest BCUT2D eigenvalue weighted by Gasteiger charge is -1.92. The Hall–Kier alpha value is -1.84. The van der Waals surface area contributed by atoms with Gasteiger partial charge in [0.15, 0.2) is 5.76 Å². The highest BCUT2D eigenvalue weighted by Gasteiger charge is 2.04.